The first-order valence-corrected chi connectivity index (χ1v) is 8.28. The Morgan fingerprint density at radius 1 is 1.12 bits per heavy atom. The second-order valence-electron chi connectivity index (χ2n) is 6.53. The predicted molar refractivity (Wildman–Crippen MR) is 86.8 cm³/mol. The van der Waals surface area contributed by atoms with Crippen molar-refractivity contribution in [3.63, 3.8) is 0 Å². The van der Waals surface area contributed by atoms with Crippen LogP contribution in [0.1, 0.15) is 36.0 Å². The second-order valence-corrected chi connectivity index (χ2v) is 6.53. The molecule has 126 valence electrons. The van der Waals surface area contributed by atoms with Gasteiger partial charge < -0.3 is 14.5 Å². The van der Waals surface area contributed by atoms with Gasteiger partial charge in [-0.25, -0.2) is 14.6 Å². The molecule has 1 amide bonds. The molecule has 24 heavy (non-hydrogen) atoms. The molecule has 7 nitrogen and oxygen atoms in total. The summed E-state index contributed by atoms with van der Waals surface area (Å²) in [4.78, 5) is 30.9. The summed E-state index contributed by atoms with van der Waals surface area (Å²) in [5.41, 5.74) is 1.79. The van der Waals surface area contributed by atoms with Gasteiger partial charge in [-0.1, -0.05) is 0 Å². The fraction of sp³-hybridized carbons (Fsp3) is 0.471. The smallest absolute Gasteiger partial charge is 0.413 e. The van der Waals surface area contributed by atoms with E-state index in [1.54, 1.807) is 18.2 Å². The number of amides is 1. The maximum atomic E-state index is 12.0. The van der Waals surface area contributed by atoms with Crippen LogP contribution in [0.15, 0.2) is 18.2 Å². The fourth-order valence-electron chi connectivity index (χ4n) is 2.37. The van der Waals surface area contributed by atoms with Gasteiger partial charge in [0.05, 0.1) is 29.8 Å². The number of fused-ring (bicyclic) bond motifs is 1. The maximum Gasteiger partial charge on any atom is 0.413 e. The number of anilines is 1. The van der Waals surface area contributed by atoms with E-state index in [2.05, 4.69) is 15.3 Å². The number of aromatic nitrogens is 2. The van der Waals surface area contributed by atoms with E-state index in [-0.39, 0.29) is 5.97 Å². The predicted octanol–water partition coefficient (Wildman–Crippen LogP) is 3.09. The van der Waals surface area contributed by atoms with Crippen molar-refractivity contribution in [2.45, 2.75) is 25.7 Å². The van der Waals surface area contributed by atoms with Gasteiger partial charge in [0.1, 0.15) is 0 Å². The minimum Gasteiger partial charge on any atom is -0.462 e. The molecule has 0 saturated heterocycles. The van der Waals surface area contributed by atoms with Crippen LogP contribution >= 0.6 is 0 Å². The van der Waals surface area contributed by atoms with Crippen molar-refractivity contribution in [1.82, 2.24) is 9.97 Å². The molecule has 1 aromatic heterocycles. The second kappa shape index (κ2) is 6.14. The highest BCUT2D eigenvalue weighted by atomic mass is 16.5. The molecule has 2 saturated carbocycles. The highest BCUT2D eigenvalue weighted by Crippen LogP contribution is 2.29. The Kier molecular flexibility index (Phi) is 3.84. The summed E-state index contributed by atoms with van der Waals surface area (Å²) >= 11 is 0. The Labute approximate surface area is 138 Å². The third kappa shape index (κ3) is 3.67. The minimum absolute atomic E-state index is 0.300. The minimum atomic E-state index is -0.523. The molecule has 0 bridgehead atoms. The number of imidazole rings is 1. The molecule has 2 fully saturated rings. The molecule has 2 aliphatic rings. The first kappa shape index (κ1) is 15.0. The van der Waals surface area contributed by atoms with Crippen LogP contribution in [0.2, 0.25) is 0 Å². The van der Waals surface area contributed by atoms with Crippen molar-refractivity contribution >= 4 is 29.0 Å². The quantitative estimate of drug-likeness (QED) is 0.794. The van der Waals surface area contributed by atoms with Gasteiger partial charge in [0.2, 0.25) is 5.95 Å². The van der Waals surface area contributed by atoms with E-state index in [0.29, 0.717) is 47.6 Å². The van der Waals surface area contributed by atoms with Crippen LogP contribution < -0.4 is 5.32 Å². The number of hydrogen-bond acceptors (Lipinski definition) is 5. The van der Waals surface area contributed by atoms with Crippen LogP contribution in [0.3, 0.4) is 0 Å². The molecule has 0 atom stereocenters. The Balaban J connectivity index is 1.39. The molecule has 2 N–H and O–H groups in total. The van der Waals surface area contributed by atoms with Crippen molar-refractivity contribution < 1.29 is 19.1 Å². The van der Waals surface area contributed by atoms with Gasteiger partial charge in [-0.15, -0.1) is 0 Å². The number of nitrogens with zero attached hydrogens (tertiary/aromatic N) is 1. The normalized spacial score (nSPS) is 16.8. The number of esters is 1. The average molecular weight is 329 g/mol. The van der Waals surface area contributed by atoms with E-state index in [0.717, 1.165) is 25.7 Å². The first-order chi connectivity index (χ1) is 11.7. The maximum absolute atomic E-state index is 12.0. The number of hydrogen-bond donors (Lipinski definition) is 2. The summed E-state index contributed by atoms with van der Waals surface area (Å²) in [5, 5.41) is 2.57. The van der Waals surface area contributed by atoms with E-state index in [1.807, 2.05) is 0 Å². The number of aromatic amines is 1. The van der Waals surface area contributed by atoms with Gasteiger partial charge in [-0.05, 0) is 55.7 Å². The Morgan fingerprint density at radius 2 is 1.83 bits per heavy atom. The van der Waals surface area contributed by atoms with Crippen LogP contribution in [0.25, 0.3) is 11.0 Å². The monoisotopic (exact) mass is 329 g/mol. The average Bonchev–Trinajstić information content (AvgIpc) is 3.48. The molecule has 4 rings (SSSR count). The lowest BCUT2D eigenvalue weighted by molar-refractivity contribution is 0.0486. The fourth-order valence-corrected chi connectivity index (χ4v) is 2.37. The molecule has 0 unspecified atom stereocenters. The van der Waals surface area contributed by atoms with Gasteiger partial charge in [0.15, 0.2) is 0 Å². The third-order valence-corrected chi connectivity index (χ3v) is 4.23. The zero-order chi connectivity index (χ0) is 16.5. The number of carbonyl (C=O) groups excluding carboxylic acids is 2. The van der Waals surface area contributed by atoms with E-state index >= 15 is 0 Å². The largest absolute Gasteiger partial charge is 0.462 e. The van der Waals surface area contributed by atoms with E-state index < -0.39 is 6.09 Å². The van der Waals surface area contributed by atoms with Gasteiger partial charge >= 0.3 is 12.1 Å². The highest BCUT2D eigenvalue weighted by molar-refractivity contribution is 5.94. The summed E-state index contributed by atoms with van der Waals surface area (Å²) < 4.78 is 10.4. The van der Waals surface area contributed by atoms with E-state index in [9.17, 15) is 9.59 Å². The molecule has 0 spiro atoms. The zero-order valence-electron chi connectivity index (χ0n) is 13.2. The molecule has 7 heteroatoms. The Bertz CT molecular complexity index is 777. The van der Waals surface area contributed by atoms with Crippen molar-refractivity contribution in [2.24, 2.45) is 11.8 Å². The molecule has 0 aliphatic heterocycles. The summed E-state index contributed by atoms with van der Waals surface area (Å²) in [5.74, 6) is 1.00. The van der Waals surface area contributed by atoms with E-state index in [4.69, 9.17) is 9.47 Å². The topological polar surface area (TPSA) is 93.3 Å². The SMILES string of the molecule is O=C(Nc1nc2ccc(C(=O)OCC3CC3)cc2[nH]1)OCC1CC1. The van der Waals surface area contributed by atoms with Crippen molar-refractivity contribution in [1.29, 1.82) is 0 Å². The number of carbonyl (C=O) groups is 2. The molecule has 1 aromatic carbocycles. The molecule has 1 heterocycles. The van der Waals surface area contributed by atoms with Crippen molar-refractivity contribution in [3.8, 4) is 0 Å². The van der Waals surface area contributed by atoms with Crippen LogP contribution in [0.4, 0.5) is 10.7 Å². The summed E-state index contributed by atoms with van der Waals surface area (Å²) in [7, 11) is 0. The standard InChI is InChI=1S/C17H19N3O4/c21-15(23-8-10-1-2-10)12-5-6-13-14(7-12)19-16(18-13)20-17(22)24-9-11-3-4-11/h5-7,10-11H,1-4,8-9H2,(H2,18,19,20,22). The summed E-state index contributed by atoms with van der Waals surface area (Å²) in [6.07, 6.45) is 4.00. The highest BCUT2D eigenvalue weighted by Gasteiger charge is 2.24. The van der Waals surface area contributed by atoms with Crippen LogP contribution in [0.5, 0.6) is 0 Å². The molecule has 0 radical (unpaired) electrons. The van der Waals surface area contributed by atoms with Gasteiger partial charge in [0.25, 0.3) is 0 Å². The lowest BCUT2D eigenvalue weighted by Crippen LogP contribution is -2.15. The lowest BCUT2D eigenvalue weighted by atomic mass is 10.2. The van der Waals surface area contributed by atoms with Gasteiger partial charge in [-0.3, -0.25) is 5.32 Å². The van der Waals surface area contributed by atoms with Crippen LogP contribution in [-0.2, 0) is 9.47 Å². The number of H-pyrrole nitrogens is 1. The third-order valence-electron chi connectivity index (χ3n) is 4.23. The number of nitrogens with one attached hydrogen (secondary N) is 2. The number of ether oxygens (including phenoxy) is 2. The van der Waals surface area contributed by atoms with Gasteiger partial charge in [-0.2, -0.15) is 0 Å². The Morgan fingerprint density at radius 3 is 2.54 bits per heavy atom. The van der Waals surface area contributed by atoms with Gasteiger partial charge in [0, 0.05) is 0 Å². The molecular formula is C17H19N3O4. The van der Waals surface area contributed by atoms with Crippen molar-refractivity contribution in [2.75, 3.05) is 18.5 Å². The van der Waals surface area contributed by atoms with Crippen LogP contribution in [-0.4, -0.2) is 35.2 Å². The van der Waals surface area contributed by atoms with Crippen LogP contribution in [0, 0.1) is 11.8 Å². The summed E-state index contributed by atoms with van der Waals surface area (Å²) in [6.45, 7) is 0.933. The number of benzene rings is 1. The van der Waals surface area contributed by atoms with E-state index in [1.165, 1.54) is 0 Å². The molecular weight excluding hydrogens is 310 g/mol. The number of rotatable bonds is 6. The molecule has 2 aliphatic carbocycles. The lowest BCUT2D eigenvalue weighted by Gasteiger charge is -2.03. The molecule has 2 aromatic rings. The zero-order valence-corrected chi connectivity index (χ0v) is 13.2. The Hall–Kier alpha value is -2.57. The van der Waals surface area contributed by atoms with Crippen molar-refractivity contribution in [3.05, 3.63) is 23.8 Å². The summed E-state index contributed by atoms with van der Waals surface area (Å²) in [6, 6.07) is 5.08. The first-order valence-electron chi connectivity index (χ1n) is 8.28.